The van der Waals surface area contributed by atoms with Crippen LogP contribution in [-0.4, -0.2) is 79.8 Å². The number of anilines is 1. The maximum Gasteiger partial charge on any atom is 0.415 e. The average Bonchev–Trinajstić information content (AvgIpc) is 3.15. The highest BCUT2D eigenvalue weighted by Gasteiger charge is 2.37. The quantitative estimate of drug-likeness (QED) is 0.364. The third kappa shape index (κ3) is 6.32. The molecule has 0 bridgehead atoms. The van der Waals surface area contributed by atoms with E-state index in [4.69, 9.17) is 34.8 Å². The van der Waals surface area contributed by atoms with Gasteiger partial charge in [-0.25, -0.2) is 19.4 Å². The Balaban J connectivity index is 2.06. The topological polar surface area (TPSA) is 158 Å². The van der Waals surface area contributed by atoms with E-state index in [0.29, 0.717) is 11.4 Å². The summed E-state index contributed by atoms with van der Waals surface area (Å²) < 4.78 is 4.67. The SMILES string of the molecule is CCN1CCN(C(=O)NC(C(=O)O)c2csc(NC(=O)OC(Cl)C(Cl)Cl)n2)C(=O)C1=O. The number of likely N-dealkylation sites (N-methyl/N-ethyl adjacent to an activating group) is 1. The lowest BCUT2D eigenvalue weighted by Crippen LogP contribution is -2.58. The van der Waals surface area contributed by atoms with Gasteiger partial charge < -0.3 is 20.1 Å². The van der Waals surface area contributed by atoms with E-state index in [0.717, 1.165) is 11.3 Å². The zero-order valence-corrected chi connectivity index (χ0v) is 18.8. The number of aromatic nitrogens is 1. The van der Waals surface area contributed by atoms with Crippen LogP contribution in [-0.2, 0) is 19.1 Å². The van der Waals surface area contributed by atoms with E-state index in [2.05, 4.69) is 20.4 Å². The van der Waals surface area contributed by atoms with E-state index in [1.54, 1.807) is 6.92 Å². The number of aliphatic carboxylic acids is 1. The lowest BCUT2D eigenvalue weighted by Gasteiger charge is -2.32. The Kier molecular flexibility index (Phi) is 8.68. The molecule has 31 heavy (non-hydrogen) atoms. The average molecular weight is 517 g/mol. The van der Waals surface area contributed by atoms with E-state index in [9.17, 15) is 29.1 Å². The third-order valence-electron chi connectivity index (χ3n) is 3.89. The third-order valence-corrected chi connectivity index (χ3v) is 5.73. The monoisotopic (exact) mass is 515 g/mol. The van der Waals surface area contributed by atoms with Crippen molar-refractivity contribution in [1.29, 1.82) is 0 Å². The number of imide groups is 1. The van der Waals surface area contributed by atoms with E-state index in [1.807, 2.05) is 0 Å². The van der Waals surface area contributed by atoms with Crippen molar-refractivity contribution in [3.8, 4) is 0 Å². The van der Waals surface area contributed by atoms with Gasteiger partial charge in [0.25, 0.3) is 0 Å². The molecular weight excluding hydrogens is 501 g/mol. The number of carbonyl (C=O) groups is 5. The van der Waals surface area contributed by atoms with Gasteiger partial charge in [-0.2, -0.15) is 0 Å². The Bertz CT molecular complexity index is 883. The molecule has 5 amide bonds. The van der Waals surface area contributed by atoms with Crippen molar-refractivity contribution in [2.75, 3.05) is 25.0 Å². The molecule has 1 aromatic rings. The number of alkyl halides is 3. The van der Waals surface area contributed by atoms with Crippen molar-refractivity contribution >= 4 is 81.2 Å². The van der Waals surface area contributed by atoms with Crippen LogP contribution >= 0.6 is 46.1 Å². The standard InChI is InChI=1S/C15H16Cl3N5O7S/c1-2-22-3-4-23(11(25)10(22)24)14(28)20-7(12(26)27)6-5-31-13(19-6)21-15(29)30-9(18)8(16)17/h5,7-9H,2-4H2,1H3,(H,20,28)(H,26,27)(H,19,21,29). The van der Waals surface area contributed by atoms with Gasteiger partial charge in [0.1, 0.15) is 0 Å². The molecular formula is C15H16Cl3N5O7S. The molecule has 0 radical (unpaired) electrons. The first-order valence-corrected chi connectivity index (χ1v) is 10.7. The van der Waals surface area contributed by atoms with Crippen LogP contribution in [0.4, 0.5) is 14.7 Å². The van der Waals surface area contributed by atoms with Gasteiger partial charge >= 0.3 is 29.9 Å². The van der Waals surface area contributed by atoms with Crippen LogP contribution in [0.5, 0.6) is 0 Å². The Hall–Kier alpha value is -2.35. The number of hydrogen-bond donors (Lipinski definition) is 3. The molecule has 170 valence electrons. The van der Waals surface area contributed by atoms with Crippen molar-refractivity contribution in [2.45, 2.75) is 23.4 Å². The summed E-state index contributed by atoms with van der Waals surface area (Å²) in [4.78, 5) is 64.4. The smallest absolute Gasteiger partial charge is 0.415 e. The number of carboxylic acid groups (broad SMARTS) is 1. The molecule has 0 aromatic carbocycles. The zero-order chi connectivity index (χ0) is 23.3. The number of amides is 5. The molecule has 0 aliphatic carbocycles. The number of carbonyl (C=O) groups excluding carboxylic acids is 4. The number of nitrogens with zero attached hydrogens (tertiary/aromatic N) is 3. The minimum Gasteiger partial charge on any atom is -0.479 e. The lowest BCUT2D eigenvalue weighted by atomic mass is 10.2. The predicted molar refractivity (Wildman–Crippen MR) is 110 cm³/mol. The van der Waals surface area contributed by atoms with E-state index in [1.165, 1.54) is 10.3 Å². The summed E-state index contributed by atoms with van der Waals surface area (Å²) in [6.45, 7) is 2.03. The van der Waals surface area contributed by atoms with Crippen LogP contribution in [0.15, 0.2) is 5.38 Å². The van der Waals surface area contributed by atoms with Gasteiger partial charge in [-0.05, 0) is 6.92 Å². The van der Waals surface area contributed by atoms with Crippen LogP contribution < -0.4 is 10.6 Å². The van der Waals surface area contributed by atoms with Crippen molar-refractivity contribution in [2.24, 2.45) is 0 Å². The fourth-order valence-corrected chi connectivity index (χ4v) is 3.29. The van der Waals surface area contributed by atoms with Crippen LogP contribution in [0.1, 0.15) is 18.7 Å². The number of urea groups is 1. The molecule has 2 heterocycles. The highest BCUT2D eigenvalue weighted by molar-refractivity contribution is 7.13. The van der Waals surface area contributed by atoms with E-state index >= 15 is 0 Å². The van der Waals surface area contributed by atoms with Crippen molar-refractivity contribution < 1.29 is 33.8 Å². The van der Waals surface area contributed by atoms with Gasteiger partial charge in [-0.3, -0.25) is 19.8 Å². The number of nitrogens with one attached hydrogen (secondary N) is 2. The Morgan fingerprint density at radius 3 is 2.52 bits per heavy atom. The fraction of sp³-hybridized carbons (Fsp3) is 0.467. The largest absolute Gasteiger partial charge is 0.479 e. The molecule has 1 saturated heterocycles. The highest BCUT2D eigenvalue weighted by Crippen LogP contribution is 2.23. The minimum atomic E-state index is -1.65. The summed E-state index contributed by atoms with van der Waals surface area (Å²) in [5.41, 5.74) is -1.47. The van der Waals surface area contributed by atoms with Crippen LogP contribution in [0.2, 0.25) is 0 Å². The van der Waals surface area contributed by atoms with Crippen molar-refractivity contribution in [3.05, 3.63) is 11.1 Å². The summed E-state index contributed by atoms with van der Waals surface area (Å²) >= 11 is 17.4. The van der Waals surface area contributed by atoms with Gasteiger partial charge in [0.15, 0.2) is 16.0 Å². The zero-order valence-electron chi connectivity index (χ0n) is 15.7. The lowest BCUT2D eigenvalue weighted by molar-refractivity contribution is -0.153. The molecule has 0 saturated carbocycles. The van der Waals surface area contributed by atoms with Gasteiger partial charge in [0, 0.05) is 25.0 Å². The molecule has 12 nitrogen and oxygen atoms in total. The maximum absolute atomic E-state index is 12.4. The van der Waals surface area contributed by atoms with Gasteiger partial charge in [0.2, 0.25) is 5.56 Å². The molecule has 3 N–H and O–H groups in total. The molecule has 2 atom stereocenters. The van der Waals surface area contributed by atoms with Gasteiger partial charge in [-0.15, -0.1) is 11.3 Å². The highest BCUT2D eigenvalue weighted by atomic mass is 35.5. The van der Waals surface area contributed by atoms with Crippen molar-refractivity contribution in [1.82, 2.24) is 20.1 Å². The van der Waals surface area contributed by atoms with Crippen LogP contribution in [0, 0.1) is 0 Å². The van der Waals surface area contributed by atoms with Crippen molar-refractivity contribution in [3.63, 3.8) is 0 Å². The molecule has 1 aliphatic rings. The first kappa shape index (κ1) is 24.9. The Morgan fingerprint density at radius 1 is 1.26 bits per heavy atom. The molecule has 2 unspecified atom stereocenters. The number of carboxylic acids is 1. The van der Waals surface area contributed by atoms with Gasteiger partial charge in [-0.1, -0.05) is 34.8 Å². The Morgan fingerprint density at radius 2 is 1.94 bits per heavy atom. The van der Waals surface area contributed by atoms with Crippen LogP contribution in [0.3, 0.4) is 0 Å². The summed E-state index contributed by atoms with van der Waals surface area (Å²) in [7, 11) is 0. The number of piperazine rings is 1. The number of halogens is 3. The summed E-state index contributed by atoms with van der Waals surface area (Å²) in [6, 6.07) is -2.72. The summed E-state index contributed by atoms with van der Waals surface area (Å²) in [5, 5.41) is 15.0. The minimum absolute atomic E-state index is 0.0622. The van der Waals surface area contributed by atoms with Gasteiger partial charge in [0.05, 0.1) is 5.69 Å². The predicted octanol–water partition coefficient (Wildman–Crippen LogP) is 1.59. The second kappa shape index (κ2) is 10.8. The molecule has 0 spiro atoms. The normalized spacial score (nSPS) is 16.2. The Labute approximate surface area is 194 Å². The number of hydrogen-bond acceptors (Lipinski definition) is 8. The molecule has 1 aliphatic heterocycles. The number of thiazole rings is 1. The first-order chi connectivity index (χ1) is 14.5. The molecule has 2 rings (SSSR count). The molecule has 16 heteroatoms. The molecule has 1 aromatic heterocycles. The fourth-order valence-electron chi connectivity index (χ4n) is 2.38. The van der Waals surface area contributed by atoms with Crippen LogP contribution in [0.25, 0.3) is 0 Å². The second-order valence-corrected chi connectivity index (χ2v) is 8.31. The van der Waals surface area contributed by atoms with E-state index < -0.39 is 46.3 Å². The second-order valence-electron chi connectivity index (χ2n) is 5.86. The summed E-state index contributed by atoms with van der Waals surface area (Å²) in [5.74, 6) is -3.40. The first-order valence-electron chi connectivity index (χ1n) is 8.54. The van der Waals surface area contributed by atoms with E-state index in [-0.39, 0.29) is 23.9 Å². The summed E-state index contributed by atoms with van der Waals surface area (Å²) in [6.07, 6.45) is -1.04. The maximum atomic E-state index is 12.4. The molecule has 1 fully saturated rings. The number of ether oxygens (including phenoxy) is 1. The number of rotatable bonds is 7.